The Bertz CT molecular complexity index is 1370. The highest BCUT2D eigenvalue weighted by molar-refractivity contribution is 7.91. The first-order chi connectivity index (χ1) is 16.0. The highest BCUT2D eigenvalue weighted by Gasteiger charge is 2.41. The summed E-state index contributed by atoms with van der Waals surface area (Å²) in [4.78, 5) is 17.7. The fraction of sp³-hybridized carbons (Fsp3) is 0.167. The van der Waals surface area contributed by atoms with Crippen LogP contribution in [0.5, 0.6) is 0 Å². The molecule has 0 radical (unpaired) electrons. The van der Waals surface area contributed by atoms with Gasteiger partial charge in [-0.1, -0.05) is 60.7 Å². The smallest absolute Gasteiger partial charge is 0.325 e. The van der Waals surface area contributed by atoms with Crippen molar-refractivity contribution in [1.29, 1.82) is 0 Å². The van der Waals surface area contributed by atoms with E-state index in [-0.39, 0.29) is 23.8 Å². The first-order valence-corrected chi connectivity index (χ1v) is 13.5. The summed E-state index contributed by atoms with van der Waals surface area (Å²) in [6, 6.07) is 19.7. The van der Waals surface area contributed by atoms with Gasteiger partial charge in [0.1, 0.15) is 21.9 Å². The summed E-state index contributed by atoms with van der Waals surface area (Å²) < 4.78 is 33.7. The minimum absolute atomic E-state index is 0.00674. The zero-order chi connectivity index (χ0) is 22.8. The Labute approximate surface area is 200 Å². The molecule has 6 nitrogen and oxygen atoms in total. The zero-order valence-electron chi connectivity index (χ0n) is 17.5. The molecule has 0 unspecified atom stereocenters. The standard InChI is InChI=1S/C24H20N2O4S3/c27-24(30-15-20-16-32-23(25-20)17-7-2-1-3-8-17)21-13-18-9-4-5-10-19(18)14-26(21)33(28,29)22-11-6-12-31-22/h1-12,16,21H,13-15H2/t21-/m0/s1. The predicted octanol–water partition coefficient (Wildman–Crippen LogP) is 4.73. The fourth-order valence-corrected chi connectivity index (χ4v) is 7.29. The van der Waals surface area contributed by atoms with Crippen LogP contribution >= 0.6 is 22.7 Å². The molecule has 0 fully saturated rings. The molecule has 2 aromatic heterocycles. The van der Waals surface area contributed by atoms with Crippen molar-refractivity contribution in [1.82, 2.24) is 9.29 Å². The summed E-state index contributed by atoms with van der Waals surface area (Å²) in [5.74, 6) is -0.570. The van der Waals surface area contributed by atoms with E-state index in [2.05, 4.69) is 4.98 Å². The highest BCUT2D eigenvalue weighted by Crippen LogP contribution is 2.31. The zero-order valence-corrected chi connectivity index (χ0v) is 19.9. The van der Waals surface area contributed by atoms with Gasteiger partial charge >= 0.3 is 5.97 Å². The summed E-state index contributed by atoms with van der Waals surface area (Å²) in [5.41, 5.74) is 3.49. The van der Waals surface area contributed by atoms with E-state index in [4.69, 9.17) is 4.74 Å². The summed E-state index contributed by atoms with van der Waals surface area (Å²) in [5, 5.41) is 4.41. The number of carbonyl (C=O) groups excluding carboxylic acids is 1. The van der Waals surface area contributed by atoms with Crippen LogP contribution in [0, 0.1) is 0 Å². The minimum atomic E-state index is -3.83. The van der Waals surface area contributed by atoms with Gasteiger partial charge in [-0.15, -0.1) is 22.7 Å². The number of thiazole rings is 1. The lowest BCUT2D eigenvalue weighted by molar-refractivity contribution is -0.150. The average Bonchev–Trinajstić information content (AvgIpc) is 3.55. The van der Waals surface area contributed by atoms with Crippen LogP contribution in [0.2, 0.25) is 0 Å². The van der Waals surface area contributed by atoms with Gasteiger partial charge in [-0.25, -0.2) is 13.4 Å². The number of hydrogen-bond acceptors (Lipinski definition) is 7. The molecule has 4 aromatic rings. The van der Waals surface area contributed by atoms with Gasteiger partial charge in [0.2, 0.25) is 0 Å². The minimum Gasteiger partial charge on any atom is -0.458 e. The normalized spacial score (nSPS) is 16.3. The van der Waals surface area contributed by atoms with E-state index < -0.39 is 22.0 Å². The maximum atomic E-state index is 13.3. The lowest BCUT2D eigenvalue weighted by atomic mass is 9.96. The van der Waals surface area contributed by atoms with Crippen molar-refractivity contribution in [2.45, 2.75) is 29.8 Å². The number of ether oxygens (including phenoxy) is 1. The molecule has 0 amide bonds. The quantitative estimate of drug-likeness (QED) is 0.361. The van der Waals surface area contributed by atoms with Crippen molar-refractivity contribution in [3.8, 4) is 10.6 Å². The third-order valence-electron chi connectivity index (χ3n) is 5.47. The van der Waals surface area contributed by atoms with Gasteiger partial charge in [-0.2, -0.15) is 4.31 Å². The molecule has 168 valence electrons. The Morgan fingerprint density at radius 1 is 1.00 bits per heavy atom. The van der Waals surface area contributed by atoms with Gasteiger partial charge in [0.25, 0.3) is 10.0 Å². The van der Waals surface area contributed by atoms with E-state index in [0.29, 0.717) is 5.69 Å². The Kier molecular flexibility index (Phi) is 6.11. The van der Waals surface area contributed by atoms with Crippen LogP contribution in [-0.4, -0.2) is 29.7 Å². The van der Waals surface area contributed by atoms with Crippen LogP contribution in [0.1, 0.15) is 16.8 Å². The Hall–Kier alpha value is -2.85. The number of rotatable bonds is 6. The Balaban J connectivity index is 1.37. The average molecular weight is 497 g/mol. The van der Waals surface area contributed by atoms with Crippen LogP contribution < -0.4 is 0 Å². The largest absolute Gasteiger partial charge is 0.458 e. The number of sulfonamides is 1. The van der Waals surface area contributed by atoms with Crippen LogP contribution in [0.4, 0.5) is 0 Å². The Morgan fingerprint density at radius 2 is 1.76 bits per heavy atom. The second-order valence-corrected chi connectivity index (χ2v) is 11.5. The number of hydrogen-bond donors (Lipinski definition) is 0. The van der Waals surface area contributed by atoms with Crippen LogP contribution in [-0.2, 0) is 39.1 Å². The summed E-state index contributed by atoms with van der Waals surface area (Å²) >= 11 is 2.62. The molecule has 1 atom stereocenters. The molecule has 0 spiro atoms. The maximum absolute atomic E-state index is 13.3. The highest BCUT2D eigenvalue weighted by atomic mass is 32.2. The number of fused-ring (bicyclic) bond motifs is 1. The second kappa shape index (κ2) is 9.18. The molecule has 1 aliphatic heterocycles. The number of nitrogens with zero attached hydrogens (tertiary/aromatic N) is 2. The molecular weight excluding hydrogens is 476 g/mol. The predicted molar refractivity (Wildman–Crippen MR) is 128 cm³/mol. The van der Waals surface area contributed by atoms with E-state index in [1.807, 2.05) is 60.0 Å². The van der Waals surface area contributed by atoms with Crippen molar-refractivity contribution in [2.75, 3.05) is 0 Å². The van der Waals surface area contributed by atoms with Gasteiger partial charge in [-0.05, 0) is 22.6 Å². The summed E-state index contributed by atoms with van der Waals surface area (Å²) in [6.45, 7) is 0.123. The molecule has 0 aliphatic carbocycles. The van der Waals surface area contributed by atoms with Gasteiger partial charge in [0.15, 0.2) is 0 Å². The number of thiophene rings is 1. The topological polar surface area (TPSA) is 76.6 Å². The van der Waals surface area contributed by atoms with Crippen molar-refractivity contribution in [2.24, 2.45) is 0 Å². The molecule has 3 heterocycles. The van der Waals surface area contributed by atoms with E-state index in [1.165, 1.54) is 15.6 Å². The molecule has 5 rings (SSSR count). The molecule has 0 N–H and O–H groups in total. The summed E-state index contributed by atoms with van der Waals surface area (Å²) in [7, 11) is -3.83. The SMILES string of the molecule is O=C(OCc1csc(-c2ccccc2)n1)[C@@H]1Cc2ccccc2CN1S(=O)(=O)c1cccs1. The van der Waals surface area contributed by atoms with Crippen molar-refractivity contribution in [3.05, 3.63) is 94.3 Å². The third kappa shape index (κ3) is 4.49. The molecule has 9 heteroatoms. The third-order valence-corrected chi connectivity index (χ3v) is 9.64. The molecule has 2 aromatic carbocycles. The molecule has 0 saturated heterocycles. The van der Waals surface area contributed by atoms with E-state index in [9.17, 15) is 13.2 Å². The van der Waals surface area contributed by atoms with E-state index in [0.717, 1.165) is 33.0 Å². The first-order valence-electron chi connectivity index (χ1n) is 10.3. The van der Waals surface area contributed by atoms with Gasteiger partial charge in [0.05, 0.1) is 5.69 Å². The number of aromatic nitrogens is 1. The first kappa shape index (κ1) is 22.0. The van der Waals surface area contributed by atoms with Crippen LogP contribution in [0.25, 0.3) is 10.6 Å². The lowest BCUT2D eigenvalue weighted by Gasteiger charge is -2.34. The van der Waals surface area contributed by atoms with Gasteiger partial charge in [-0.3, -0.25) is 4.79 Å². The monoisotopic (exact) mass is 496 g/mol. The van der Waals surface area contributed by atoms with Crippen LogP contribution in [0.15, 0.2) is 81.7 Å². The van der Waals surface area contributed by atoms with Crippen molar-refractivity contribution < 1.29 is 17.9 Å². The van der Waals surface area contributed by atoms with Crippen molar-refractivity contribution in [3.63, 3.8) is 0 Å². The fourth-order valence-electron chi connectivity index (χ4n) is 3.81. The molecule has 33 heavy (non-hydrogen) atoms. The lowest BCUT2D eigenvalue weighted by Crippen LogP contribution is -2.49. The van der Waals surface area contributed by atoms with Gasteiger partial charge < -0.3 is 4.74 Å². The van der Waals surface area contributed by atoms with E-state index >= 15 is 0 Å². The molecule has 0 bridgehead atoms. The van der Waals surface area contributed by atoms with E-state index in [1.54, 1.807) is 17.5 Å². The number of benzene rings is 2. The second-order valence-electron chi connectivity index (χ2n) is 7.59. The molecule has 0 saturated carbocycles. The maximum Gasteiger partial charge on any atom is 0.325 e. The molecule has 1 aliphatic rings. The summed E-state index contributed by atoms with van der Waals surface area (Å²) in [6.07, 6.45) is 0.270. The van der Waals surface area contributed by atoms with Gasteiger partial charge in [0, 0.05) is 23.9 Å². The number of esters is 1. The van der Waals surface area contributed by atoms with Crippen LogP contribution in [0.3, 0.4) is 0 Å². The Morgan fingerprint density at radius 3 is 2.52 bits per heavy atom. The molecular formula is C24H20N2O4S3. The van der Waals surface area contributed by atoms with Crippen molar-refractivity contribution >= 4 is 38.7 Å². The number of carbonyl (C=O) groups is 1.